The van der Waals surface area contributed by atoms with Gasteiger partial charge < -0.3 is 16.0 Å². The molecule has 5 N–H and O–H groups in total. The molecule has 0 aliphatic carbocycles. The molecule has 11 nitrogen and oxygen atoms in total. The second-order valence-corrected chi connectivity index (χ2v) is 9.97. The van der Waals surface area contributed by atoms with E-state index in [0.717, 1.165) is 35.5 Å². The van der Waals surface area contributed by atoms with Gasteiger partial charge in [0.25, 0.3) is 5.91 Å². The minimum Gasteiger partial charge on any atom is -0.350 e. The van der Waals surface area contributed by atoms with Crippen molar-refractivity contribution in [1.29, 1.82) is 5.26 Å². The fourth-order valence-corrected chi connectivity index (χ4v) is 4.92. The lowest BCUT2D eigenvalue weighted by atomic mass is 9.89. The zero-order valence-corrected chi connectivity index (χ0v) is 22.7. The predicted octanol–water partition coefficient (Wildman–Crippen LogP) is 3.65. The third kappa shape index (κ3) is 6.77. The highest BCUT2D eigenvalue weighted by molar-refractivity contribution is 5.99. The Bertz CT molecular complexity index is 1400. The normalized spacial score (nSPS) is 13.4. The zero-order valence-electron chi connectivity index (χ0n) is 22.7. The van der Waals surface area contributed by atoms with Crippen LogP contribution in [0.3, 0.4) is 0 Å². The molecule has 0 saturated carbocycles. The molecule has 11 heteroatoms. The lowest BCUT2D eigenvalue weighted by Crippen LogP contribution is -2.53. The number of nitrogens with one attached hydrogen (secondary N) is 3. The number of nitrogens with zero attached hydrogens (tertiary/aromatic N) is 4. The quantitative estimate of drug-likeness (QED) is 0.264. The van der Waals surface area contributed by atoms with Crippen LogP contribution in [0.4, 0.5) is 15.3 Å². The average Bonchev–Trinajstić information content (AvgIpc) is 3.38. The van der Waals surface area contributed by atoms with Crippen LogP contribution in [0.15, 0.2) is 48.7 Å². The van der Waals surface area contributed by atoms with Gasteiger partial charge in [-0.15, -0.1) is 0 Å². The number of benzene rings is 2. The van der Waals surface area contributed by atoms with Crippen molar-refractivity contribution < 1.29 is 14.4 Å². The molecule has 208 valence electrons. The number of amides is 5. The highest BCUT2D eigenvalue weighted by Gasteiger charge is 2.26. The fourth-order valence-electron chi connectivity index (χ4n) is 4.92. The number of hydrogen-bond acceptors (Lipinski definition) is 5. The number of carbonyl (C=O) groups excluding carboxylic acids is 3. The van der Waals surface area contributed by atoms with Crippen LogP contribution >= 0.6 is 0 Å². The van der Waals surface area contributed by atoms with Crippen molar-refractivity contribution in [3.05, 3.63) is 82.2 Å². The van der Waals surface area contributed by atoms with Crippen LogP contribution in [0.5, 0.6) is 0 Å². The van der Waals surface area contributed by atoms with E-state index in [2.05, 4.69) is 27.0 Å². The molecule has 40 heavy (non-hydrogen) atoms. The molecule has 4 rings (SSSR count). The van der Waals surface area contributed by atoms with Gasteiger partial charge in [-0.1, -0.05) is 18.2 Å². The van der Waals surface area contributed by atoms with Crippen LogP contribution < -0.4 is 21.5 Å². The van der Waals surface area contributed by atoms with Gasteiger partial charge in [0.2, 0.25) is 0 Å². The number of H-pyrrole nitrogens is 1. The van der Waals surface area contributed by atoms with Gasteiger partial charge in [-0.25, -0.2) is 20.0 Å². The van der Waals surface area contributed by atoms with Crippen molar-refractivity contribution in [3.8, 4) is 6.07 Å². The molecule has 1 aromatic heterocycles. The number of hydrazine groups is 1. The van der Waals surface area contributed by atoms with Crippen LogP contribution in [0.2, 0.25) is 0 Å². The molecule has 5 amide bonds. The number of rotatable bonds is 7. The Morgan fingerprint density at radius 3 is 2.50 bits per heavy atom. The Kier molecular flexibility index (Phi) is 9.01. The fraction of sp³-hybridized carbons (Fsp3) is 0.345. The summed E-state index contributed by atoms with van der Waals surface area (Å²) in [6, 6.07) is 13.4. The van der Waals surface area contributed by atoms with Gasteiger partial charge in [0, 0.05) is 30.9 Å². The molecule has 0 spiro atoms. The third-order valence-corrected chi connectivity index (χ3v) is 7.25. The van der Waals surface area contributed by atoms with Gasteiger partial charge in [-0.3, -0.25) is 9.89 Å². The van der Waals surface area contributed by atoms with E-state index in [4.69, 9.17) is 11.0 Å². The second-order valence-electron chi connectivity index (χ2n) is 9.97. The number of aryl methyl sites for hydroxylation is 3. The molecule has 2 heterocycles. The Morgan fingerprint density at radius 2 is 1.88 bits per heavy atom. The highest BCUT2D eigenvalue weighted by atomic mass is 16.2. The maximum absolute atomic E-state index is 13.4. The van der Waals surface area contributed by atoms with E-state index in [9.17, 15) is 14.4 Å². The molecular weight excluding hydrogens is 508 g/mol. The molecule has 0 atom stereocenters. The molecule has 2 aromatic carbocycles. The molecule has 3 aromatic rings. The molecule has 1 fully saturated rings. The van der Waals surface area contributed by atoms with Crippen LogP contribution in [-0.2, 0) is 6.42 Å². The summed E-state index contributed by atoms with van der Waals surface area (Å²) in [7, 11) is 0. The summed E-state index contributed by atoms with van der Waals surface area (Å²) in [6.07, 6.45) is 4.79. The number of hydrogen-bond donors (Lipinski definition) is 4. The molecule has 1 saturated heterocycles. The SMILES string of the molecule is Cc1ccc(C(=O)N2CCC(c3ccc(C#N)cc3)CC2)cc1N(NC(N)=O)C(=O)NCCCc1cn[nH]c1C. The molecule has 1 aliphatic heterocycles. The number of primary amides is 1. The Morgan fingerprint density at radius 1 is 1.15 bits per heavy atom. The van der Waals surface area contributed by atoms with Gasteiger partial charge >= 0.3 is 12.1 Å². The van der Waals surface area contributed by atoms with E-state index in [-0.39, 0.29) is 5.91 Å². The van der Waals surface area contributed by atoms with Crippen LogP contribution in [-0.4, -0.2) is 52.7 Å². The number of carbonyl (C=O) groups is 3. The third-order valence-electron chi connectivity index (χ3n) is 7.25. The van der Waals surface area contributed by atoms with Crippen LogP contribution in [0.1, 0.15) is 63.5 Å². The Labute approximate surface area is 233 Å². The first kappa shape index (κ1) is 28.2. The van der Waals surface area contributed by atoms with Gasteiger partial charge in [-0.05, 0) is 86.4 Å². The van der Waals surface area contributed by atoms with Crippen molar-refractivity contribution in [2.75, 3.05) is 24.6 Å². The topological polar surface area (TPSA) is 160 Å². The summed E-state index contributed by atoms with van der Waals surface area (Å²) in [6.45, 7) is 5.27. The molecule has 0 radical (unpaired) electrons. The van der Waals surface area contributed by atoms with Gasteiger partial charge in [0.1, 0.15) is 0 Å². The van der Waals surface area contributed by atoms with E-state index in [1.54, 1.807) is 36.2 Å². The largest absolute Gasteiger partial charge is 0.350 e. The van der Waals surface area contributed by atoms with Gasteiger partial charge in [-0.2, -0.15) is 10.4 Å². The minimum absolute atomic E-state index is 0.144. The predicted molar refractivity (Wildman–Crippen MR) is 150 cm³/mol. The molecule has 1 aliphatic rings. The second kappa shape index (κ2) is 12.8. The number of aromatic amines is 1. The van der Waals surface area contributed by atoms with Crippen molar-refractivity contribution in [1.82, 2.24) is 25.8 Å². The lowest BCUT2D eigenvalue weighted by molar-refractivity contribution is 0.0713. The van der Waals surface area contributed by atoms with E-state index in [1.165, 1.54) is 5.56 Å². The number of aromatic nitrogens is 2. The number of piperidine rings is 1. The standard InChI is InChI=1S/C29H34N8O3/c1-19-5-8-24(27(38)36-14-11-23(12-15-36)22-9-6-21(17-30)7-10-22)16-26(19)37(35-28(31)39)29(40)32-13-3-4-25-18-33-34-20(25)2/h5-10,16,18,23H,3-4,11-15H2,1-2H3,(H,32,40)(H,33,34)(H3,31,35,39). The summed E-state index contributed by atoms with van der Waals surface area (Å²) < 4.78 is 0. The van der Waals surface area contributed by atoms with Crippen LogP contribution in [0, 0.1) is 25.2 Å². The number of anilines is 1. The number of urea groups is 2. The maximum Gasteiger partial charge on any atom is 0.340 e. The van der Waals surface area contributed by atoms with Crippen LogP contribution in [0.25, 0.3) is 0 Å². The molecule has 0 unspecified atom stereocenters. The summed E-state index contributed by atoms with van der Waals surface area (Å²) in [5.41, 5.74) is 13.1. The first-order chi connectivity index (χ1) is 19.3. The average molecular weight is 543 g/mol. The number of likely N-dealkylation sites (tertiary alicyclic amines) is 1. The van der Waals surface area contributed by atoms with Gasteiger partial charge in [0.15, 0.2) is 0 Å². The molecular formula is C29H34N8O3. The Balaban J connectivity index is 1.41. The van der Waals surface area contributed by atoms with Crippen molar-refractivity contribution >= 4 is 23.7 Å². The Hall–Kier alpha value is -4.85. The smallest absolute Gasteiger partial charge is 0.340 e. The lowest BCUT2D eigenvalue weighted by Gasteiger charge is -2.32. The zero-order chi connectivity index (χ0) is 28.6. The van der Waals surface area contributed by atoms with Crippen molar-refractivity contribution in [3.63, 3.8) is 0 Å². The summed E-state index contributed by atoms with van der Waals surface area (Å²) in [5, 5.41) is 19.8. The van der Waals surface area contributed by atoms with E-state index < -0.39 is 12.1 Å². The summed E-state index contributed by atoms with van der Waals surface area (Å²) >= 11 is 0. The monoisotopic (exact) mass is 542 g/mol. The van der Waals surface area contributed by atoms with Crippen molar-refractivity contribution in [2.24, 2.45) is 5.73 Å². The van der Waals surface area contributed by atoms with E-state index in [0.29, 0.717) is 54.4 Å². The number of nitrogens with two attached hydrogens (primary N) is 1. The molecule has 0 bridgehead atoms. The van der Waals surface area contributed by atoms with E-state index in [1.807, 2.05) is 31.2 Å². The number of nitriles is 1. The maximum atomic E-state index is 13.4. The minimum atomic E-state index is -0.898. The van der Waals surface area contributed by atoms with Gasteiger partial charge in [0.05, 0.1) is 23.5 Å². The first-order valence-electron chi connectivity index (χ1n) is 13.3. The first-order valence-corrected chi connectivity index (χ1v) is 13.3. The summed E-state index contributed by atoms with van der Waals surface area (Å²) in [5.74, 6) is 0.177. The van der Waals surface area contributed by atoms with Crippen molar-refractivity contribution in [2.45, 2.75) is 45.4 Å². The summed E-state index contributed by atoms with van der Waals surface area (Å²) in [4.78, 5) is 40.0. The highest BCUT2D eigenvalue weighted by Crippen LogP contribution is 2.29. The van der Waals surface area contributed by atoms with E-state index >= 15 is 0 Å².